The summed E-state index contributed by atoms with van der Waals surface area (Å²) in [6.07, 6.45) is 0. The van der Waals surface area contributed by atoms with Gasteiger partial charge < -0.3 is 5.11 Å². The first-order valence-corrected chi connectivity index (χ1v) is 10.9. The van der Waals surface area contributed by atoms with Gasteiger partial charge in [-0.05, 0) is 11.1 Å². The van der Waals surface area contributed by atoms with Crippen LogP contribution in [-0.4, -0.2) is 16.6 Å². The second-order valence-electron chi connectivity index (χ2n) is 7.86. The summed E-state index contributed by atoms with van der Waals surface area (Å²) in [5.74, 6) is 6.48. The van der Waals surface area contributed by atoms with Gasteiger partial charge in [-0.15, -0.1) is 0 Å². The van der Waals surface area contributed by atoms with Crippen molar-refractivity contribution in [2.45, 2.75) is 18.7 Å². The molecule has 0 aliphatic rings. The van der Waals surface area contributed by atoms with E-state index in [-0.39, 0.29) is 0 Å². The third kappa shape index (κ3) is 5.53. The molecule has 0 heterocycles. The lowest BCUT2D eigenvalue weighted by molar-refractivity contribution is 0.145. The van der Waals surface area contributed by atoms with Crippen molar-refractivity contribution in [2.75, 3.05) is 6.54 Å². The van der Waals surface area contributed by atoms with Crippen LogP contribution in [0.4, 0.5) is 0 Å². The van der Waals surface area contributed by atoms with Crippen LogP contribution >= 0.6 is 0 Å². The van der Waals surface area contributed by atoms with Crippen LogP contribution in [0.15, 0.2) is 121 Å². The Morgan fingerprint density at radius 2 is 0.938 bits per heavy atom. The third-order valence-electron chi connectivity index (χ3n) is 5.45. The number of benzene rings is 4. The highest BCUT2D eigenvalue weighted by Gasteiger charge is 2.29. The predicted molar refractivity (Wildman–Crippen MR) is 131 cm³/mol. The van der Waals surface area contributed by atoms with Crippen molar-refractivity contribution in [3.8, 4) is 11.8 Å². The topological polar surface area (TPSA) is 23.5 Å². The molecule has 0 fully saturated rings. The Morgan fingerprint density at radius 3 is 1.34 bits per heavy atom. The molecule has 2 heteroatoms. The van der Waals surface area contributed by atoms with Gasteiger partial charge in [0.2, 0.25) is 0 Å². The molecule has 4 aromatic rings. The number of hydrogen-bond donors (Lipinski definition) is 1. The van der Waals surface area contributed by atoms with E-state index in [1.807, 2.05) is 72.8 Å². The van der Waals surface area contributed by atoms with E-state index in [0.717, 1.165) is 24.2 Å². The molecule has 1 N–H and O–H groups in total. The van der Waals surface area contributed by atoms with Crippen molar-refractivity contribution in [3.05, 3.63) is 144 Å². The lowest BCUT2D eigenvalue weighted by Gasteiger charge is -2.24. The Kier molecular flexibility index (Phi) is 7.15. The lowest BCUT2D eigenvalue weighted by atomic mass is 9.87. The molecule has 2 nitrogen and oxygen atoms in total. The monoisotopic (exact) mass is 417 g/mol. The maximum atomic E-state index is 11.7. The van der Waals surface area contributed by atoms with Crippen molar-refractivity contribution >= 4 is 0 Å². The minimum atomic E-state index is -1.35. The molecule has 4 rings (SSSR count). The van der Waals surface area contributed by atoms with Gasteiger partial charge in [-0.1, -0.05) is 133 Å². The highest BCUT2D eigenvalue weighted by atomic mass is 16.3. The smallest absolute Gasteiger partial charge is 0.176 e. The van der Waals surface area contributed by atoms with Gasteiger partial charge in [0.15, 0.2) is 5.60 Å². The SMILES string of the molecule is OC(C#CCN(Cc1ccccc1)Cc1ccccc1)(c1ccccc1)c1ccccc1. The average molecular weight is 418 g/mol. The molecule has 0 atom stereocenters. The first-order valence-electron chi connectivity index (χ1n) is 10.9. The maximum absolute atomic E-state index is 11.7. The first kappa shape index (κ1) is 21.6. The summed E-state index contributed by atoms with van der Waals surface area (Å²) in [5.41, 5.74) is 2.68. The lowest BCUT2D eigenvalue weighted by Crippen LogP contribution is -2.27. The van der Waals surface area contributed by atoms with Crippen molar-refractivity contribution in [2.24, 2.45) is 0 Å². The molecule has 0 aliphatic carbocycles. The Morgan fingerprint density at radius 1 is 0.562 bits per heavy atom. The molecule has 0 bridgehead atoms. The number of rotatable bonds is 7. The number of hydrogen-bond acceptors (Lipinski definition) is 2. The molecule has 158 valence electrons. The largest absolute Gasteiger partial charge is 0.369 e. The molecular weight excluding hydrogens is 390 g/mol. The predicted octanol–water partition coefficient (Wildman–Crippen LogP) is 5.63. The molecule has 0 unspecified atom stereocenters. The van der Waals surface area contributed by atoms with E-state index >= 15 is 0 Å². The zero-order chi connectivity index (χ0) is 22.1. The van der Waals surface area contributed by atoms with Crippen LogP contribution in [0.2, 0.25) is 0 Å². The Bertz CT molecular complexity index is 1070. The zero-order valence-electron chi connectivity index (χ0n) is 18.1. The Balaban J connectivity index is 1.61. The van der Waals surface area contributed by atoms with Crippen molar-refractivity contribution in [3.63, 3.8) is 0 Å². The summed E-state index contributed by atoms with van der Waals surface area (Å²) >= 11 is 0. The average Bonchev–Trinajstić information content (AvgIpc) is 2.86. The molecule has 4 aromatic carbocycles. The van der Waals surface area contributed by atoms with Crippen molar-refractivity contribution < 1.29 is 5.11 Å². The van der Waals surface area contributed by atoms with Crippen LogP contribution in [0, 0.1) is 11.8 Å². The summed E-state index contributed by atoms with van der Waals surface area (Å²) in [6.45, 7) is 2.13. The zero-order valence-corrected chi connectivity index (χ0v) is 18.1. The normalized spacial score (nSPS) is 11.1. The molecule has 0 saturated heterocycles. The number of aliphatic hydroxyl groups is 1. The highest BCUT2D eigenvalue weighted by molar-refractivity contribution is 5.44. The van der Waals surface area contributed by atoms with Crippen LogP contribution in [0.3, 0.4) is 0 Å². The van der Waals surface area contributed by atoms with Gasteiger partial charge >= 0.3 is 0 Å². The Hall–Kier alpha value is -3.64. The fraction of sp³-hybridized carbons (Fsp3) is 0.133. The Labute approximate surface area is 190 Å². The quantitative estimate of drug-likeness (QED) is 0.394. The van der Waals surface area contributed by atoms with Crippen LogP contribution in [-0.2, 0) is 18.7 Å². The summed E-state index contributed by atoms with van der Waals surface area (Å²) in [5, 5.41) is 11.7. The van der Waals surface area contributed by atoms with E-state index in [4.69, 9.17) is 0 Å². The van der Waals surface area contributed by atoms with E-state index in [0.29, 0.717) is 6.54 Å². The van der Waals surface area contributed by atoms with Gasteiger partial charge in [-0.25, -0.2) is 0 Å². The third-order valence-corrected chi connectivity index (χ3v) is 5.45. The molecule has 0 amide bonds. The minimum absolute atomic E-state index is 0.547. The van der Waals surface area contributed by atoms with E-state index in [9.17, 15) is 5.11 Å². The van der Waals surface area contributed by atoms with Gasteiger partial charge in [0.05, 0.1) is 6.54 Å². The summed E-state index contributed by atoms with van der Waals surface area (Å²) in [6, 6.07) is 40.2. The van der Waals surface area contributed by atoms with Gasteiger partial charge in [-0.2, -0.15) is 0 Å². The summed E-state index contributed by atoms with van der Waals surface area (Å²) in [7, 11) is 0. The first-order chi connectivity index (χ1) is 15.7. The fourth-order valence-electron chi connectivity index (χ4n) is 3.80. The molecule has 0 radical (unpaired) electrons. The second-order valence-corrected chi connectivity index (χ2v) is 7.86. The number of nitrogens with zero attached hydrogens (tertiary/aromatic N) is 1. The van der Waals surface area contributed by atoms with Crippen LogP contribution in [0.25, 0.3) is 0 Å². The molecule has 32 heavy (non-hydrogen) atoms. The van der Waals surface area contributed by atoms with Crippen molar-refractivity contribution in [1.82, 2.24) is 4.90 Å². The van der Waals surface area contributed by atoms with Gasteiger partial charge in [0.25, 0.3) is 0 Å². The van der Waals surface area contributed by atoms with Gasteiger partial charge in [0, 0.05) is 24.2 Å². The standard InChI is InChI=1S/C30H27NO/c32-30(28-18-9-3-10-19-28,29-20-11-4-12-21-29)22-13-23-31(24-26-14-5-1-6-15-26)25-27-16-7-2-8-17-27/h1-12,14-21,32H,23-25H2. The van der Waals surface area contributed by atoms with Crippen molar-refractivity contribution in [1.29, 1.82) is 0 Å². The van der Waals surface area contributed by atoms with E-state index in [1.165, 1.54) is 11.1 Å². The van der Waals surface area contributed by atoms with E-state index in [2.05, 4.69) is 65.3 Å². The van der Waals surface area contributed by atoms with E-state index in [1.54, 1.807) is 0 Å². The summed E-state index contributed by atoms with van der Waals surface area (Å²) in [4.78, 5) is 2.30. The fourth-order valence-corrected chi connectivity index (χ4v) is 3.80. The molecule has 0 spiro atoms. The summed E-state index contributed by atoms with van der Waals surface area (Å²) < 4.78 is 0. The van der Waals surface area contributed by atoms with Crippen LogP contribution in [0.5, 0.6) is 0 Å². The molecule has 0 saturated carbocycles. The molecule has 0 aliphatic heterocycles. The van der Waals surface area contributed by atoms with E-state index < -0.39 is 5.60 Å². The molecular formula is C30H27NO. The molecule has 0 aromatic heterocycles. The van der Waals surface area contributed by atoms with Gasteiger partial charge in [0.1, 0.15) is 0 Å². The van der Waals surface area contributed by atoms with Crippen LogP contribution < -0.4 is 0 Å². The highest BCUT2D eigenvalue weighted by Crippen LogP contribution is 2.28. The maximum Gasteiger partial charge on any atom is 0.176 e. The van der Waals surface area contributed by atoms with Gasteiger partial charge in [-0.3, -0.25) is 4.90 Å². The van der Waals surface area contributed by atoms with Crippen LogP contribution in [0.1, 0.15) is 22.3 Å². The minimum Gasteiger partial charge on any atom is -0.369 e. The second kappa shape index (κ2) is 10.6.